The van der Waals surface area contributed by atoms with Crippen molar-refractivity contribution in [2.24, 2.45) is 0 Å². The molecular formula is C21H25N3O7. The van der Waals surface area contributed by atoms with Gasteiger partial charge in [0.1, 0.15) is 6.07 Å². The Bertz CT molecular complexity index is 855. The van der Waals surface area contributed by atoms with Gasteiger partial charge in [-0.15, -0.1) is 0 Å². The summed E-state index contributed by atoms with van der Waals surface area (Å²) in [6, 6.07) is 6.83. The standard InChI is InChI=1S/C21H25N3O7/c1-3-29-21(27)24-11-9-23(10-12-24)19(25)15-31-20(26)7-5-16-4-6-17(30-13-8-22)18(14-16)28-2/h4-7,14H,3,9-13,15H2,1-2H3/b7-5+. The summed E-state index contributed by atoms with van der Waals surface area (Å²) in [6.45, 7) is 2.99. The lowest BCUT2D eigenvalue weighted by Crippen LogP contribution is -2.51. The Kier molecular flexibility index (Phi) is 9.16. The van der Waals surface area contributed by atoms with Gasteiger partial charge < -0.3 is 28.7 Å². The number of carbonyl (C=O) groups is 3. The number of methoxy groups -OCH3 is 1. The van der Waals surface area contributed by atoms with Crippen LogP contribution in [0.2, 0.25) is 0 Å². The largest absolute Gasteiger partial charge is 0.493 e. The lowest BCUT2D eigenvalue weighted by atomic mass is 10.2. The minimum absolute atomic E-state index is 0.107. The Morgan fingerprint density at radius 1 is 1.10 bits per heavy atom. The number of carbonyl (C=O) groups excluding carboxylic acids is 3. The first-order valence-corrected chi connectivity index (χ1v) is 9.70. The van der Waals surface area contributed by atoms with Crippen LogP contribution < -0.4 is 9.47 Å². The van der Waals surface area contributed by atoms with Crippen molar-refractivity contribution in [3.63, 3.8) is 0 Å². The van der Waals surface area contributed by atoms with Gasteiger partial charge in [0, 0.05) is 32.3 Å². The Balaban J connectivity index is 1.80. The summed E-state index contributed by atoms with van der Waals surface area (Å²) < 4.78 is 20.4. The maximum Gasteiger partial charge on any atom is 0.409 e. The number of amides is 2. The highest BCUT2D eigenvalue weighted by atomic mass is 16.6. The van der Waals surface area contributed by atoms with Gasteiger partial charge in [0.2, 0.25) is 0 Å². The molecule has 2 amide bonds. The third-order valence-electron chi connectivity index (χ3n) is 4.39. The summed E-state index contributed by atoms with van der Waals surface area (Å²) in [7, 11) is 1.47. The van der Waals surface area contributed by atoms with E-state index in [2.05, 4.69) is 0 Å². The fraction of sp³-hybridized carbons (Fsp3) is 0.429. The zero-order valence-electron chi connectivity index (χ0n) is 17.5. The van der Waals surface area contributed by atoms with Gasteiger partial charge >= 0.3 is 12.1 Å². The number of esters is 1. The predicted molar refractivity (Wildman–Crippen MR) is 109 cm³/mol. The van der Waals surface area contributed by atoms with Crippen molar-refractivity contribution in [1.82, 2.24) is 9.80 Å². The Morgan fingerprint density at radius 2 is 1.81 bits per heavy atom. The second-order valence-electron chi connectivity index (χ2n) is 6.36. The number of hydrogen-bond acceptors (Lipinski definition) is 8. The minimum Gasteiger partial charge on any atom is -0.493 e. The molecule has 0 radical (unpaired) electrons. The van der Waals surface area contributed by atoms with Gasteiger partial charge in [-0.2, -0.15) is 5.26 Å². The van der Waals surface area contributed by atoms with E-state index < -0.39 is 12.1 Å². The van der Waals surface area contributed by atoms with Gasteiger partial charge in [-0.05, 0) is 30.7 Å². The molecule has 2 rings (SSSR count). The Morgan fingerprint density at radius 3 is 2.45 bits per heavy atom. The van der Waals surface area contributed by atoms with Crippen LogP contribution in [0.3, 0.4) is 0 Å². The molecular weight excluding hydrogens is 406 g/mol. The van der Waals surface area contributed by atoms with E-state index in [0.29, 0.717) is 49.8 Å². The van der Waals surface area contributed by atoms with Crippen LogP contribution in [-0.2, 0) is 19.1 Å². The first-order chi connectivity index (χ1) is 15.0. The number of nitrogens with zero attached hydrogens (tertiary/aromatic N) is 3. The quantitative estimate of drug-likeness (QED) is 0.448. The summed E-state index contributed by atoms with van der Waals surface area (Å²) in [6.07, 6.45) is 2.32. The first-order valence-electron chi connectivity index (χ1n) is 9.70. The summed E-state index contributed by atoms with van der Waals surface area (Å²) in [5, 5.41) is 8.59. The van der Waals surface area contributed by atoms with E-state index in [-0.39, 0.29) is 19.1 Å². The summed E-state index contributed by atoms with van der Waals surface area (Å²) in [5.74, 6) is -0.159. The molecule has 1 fully saturated rings. The van der Waals surface area contributed by atoms with E-state index in [1.807, 2.05) is 6.07 Å². The zero-order chi connectivity index (χ0) is 22.6. The van der Waals surface area contributed by atoms with Crippen molar-refractivity contribution in [2.75, 3.05) is 53.1 Å². The summed E-state index contributed by atoms with van der Waals surface area (Å²) in [5.41, 5.74) is 0.652. The van der Waals surface area contributed by atoms with Gasteiger partial charge in [0.05, 0.1) is 13.7 Å². The van der Waals surface area contributed by atoms with Crippen molar-refractivity contribution in [1.29, 1.82) is 5.26 Å². The van der Waals surface area contributed by atoms with Crippen LogP contribution in [0.25, 0.3) is 6.08 Å². The smallest absolute Gasteiger partial charge is 0.409 e. The monoisotopic (exact) mass is 431 g/mol. The van der Waals surface area contributed by atoms with Gasteiger partial charge in [-0.25, -0.2) is 9.59 Å². The average molecular weight is 431 g/mol. The minimum atomic E-state index is -0.665. The number of ether oxygens (including phenoxy) is 4. The van der Waals surface area contributed by atoms with Crippen molar-refractivity contribution >= 4 is 24.0 Å². The van der Waals surface area contributed by atoms with E-state index in [1.165, 1.54) is 29.1 Å². The fourth-order valence-corrected chi connectivity index (χ4v) is 2.81. The number of piperazine rings is 1. The fourth-order valence-electron chi connectivity index (χ4n) is 2.81. The second-order valence-corrected chi connectivity index (χ2v) is 6.36. The molecule has 0 aromatic heterocycles. The van der Waals surface area contributed by atoms with Crippen LogP contribution in [0, 0.1) is 11.3 Å². The van der Waals surface area contributed by atoms with E-state index in [0.717, 1.165) is 0 Å². The molecule has 0 saturated carbocycles. The van der Waals surface area contributed by atoms with Crippen LogP contribution in [0.4, 0.5) is 4.79 Å². The molecule has 10 nitrogen and oxygen atoms in total. The van der Waals surface area contributed by atoms with E-state index in [1.54, 1.807) is 25.1 Å². The second kappa shape index (κ2) is 12.1. The number of hydrogen-bond donors (Lipinski definition) is 0. The van der Waals surface area contributed by atoms with Crippen molar-refractivity contribution in [3.05, 3.63) is 29.8 Å². The molecule has 0 spiro atoms. The van der Waals surface area contributed by atoms with Crippen molar-refractivity contribution in [3.8, 4) is 17.6 Å². The van der Waals surface area contributed by atoms with Crippen LogP contribution >= 0.6 is 0 Å². The molecule has 1 saturated heterocycles. The van der Waals surface area contributed by atoms with Gasteiger partial charge in [0.25, 0.3) is 5.91 Å². The molecule has 10 heteroatoms. The maximum atomic E-state index is 12.2. The predicted octanol–water partition coefficient (Wildman–Crippen LogP) is 1.45. The van der Waals surface area contributed by atoms with Crippen LogP contribution in [0.15, 0.2) is 24.3 Å². The van der Waals surface area contributed by atoms with Gasteiger partial charge in [-0.1, -0.05) is 6.07 Å². The molecule has 0 N–H and O–H groups in total. The highest BCUT2D eigenvalue weighted by Crippen LogP contribution is 2.28. The van der Waals surface area contributed by atoms with Gasteiger partial charge in [0.15, 0.2) is 24.7 Å². The van der Waals surface area contributed by atoms with Gasteiger partial charge in [-0.3, -0.25) is 4.79 Å². The third-order valence-corrected chi connectivity index (χ3v) is 4.39. The molecule has 0 aliphatic carbocycles. The molecule has 0 atom stereocenters. The van der Waals surface area contributed by atoms with Crippen LogP contribution in [0.1, 0.15) is 12.5 Å². The van der Waals surface area contributed by atoms with Crippen LogP contribution in [-0.4, -0.2) is 80.9 Å². The molecule has 166 valence electrons. The van der Waals surface area contributed by atoms with Crippen molar-refractivity contribution < 1.29 is 33.3 Å². The lowest BCUT2D eigenvalue weighted by molar-refractivity contribution is -0.148. The molecule has 1 aliphatic rings. The van der Waals surface area contributed by atoms with E-state index in [9.17, 15) is 14.4 Å². The Hall–Kier alpha value is -3.74. The molecule has 1 heterocycles. The summed E-state index contributed by atoms with van der Waals surface area (Å²) >= 11 is 0. The number of benzene rings is 1. The first kappa shape index (κ1) is 23.5. The molecule has 0 unspecified atom stereocenters. The lowest BCUT2D eigenvalue weighted by Gasteiger charge is -2.33. The molecule has 31 heavy (non-hydrogen) atoms. The molecule has 1 aromatic carbocycles. The highest BCUT2D eigenvalue weighted by Gasteiger charge is 2.25. The van der Waals surface area contributed by atoms with E-state index >= 15 is 0 Å². The normalized spacial score (nSPS) is 13.5. The number of nitriles is 1. The number of rotatable bonds is 8. The summed E-state index contributed by atoms with van der Waals surface area (Å²) in [4.78, 5) is 38.9. The third kappa shape index (κ3) is 7.22. The SMILES string of the molecule is CCOC(=O)N1CCN(C(=O)COC(=O)/C=C/c2ccc(OCC#N)c(OC)c2)CC1. The molecule has 0 bridgehead atoms. The maximum absolute atomic E-state index is 12.2. The zero-order valence-corrected chi connectivity index (χ0v) is 17.5. The Labute approximate surface area is 180 Å². The molecule has 1 aromatic rings. The van der Waals surface area contributed by atoms with E-state index in [4.69, 9.17) is 24.2 Å². The highest BCUT2D eigenvalue weighted by molar-refractivity contribution is 5.89. The van der Waals surface area contributed by atoms with Crippen LogP contribution in [0.5, 0.6) is 11.5 Å². The topological polar surface area (TPSA) is 118 Å². The molecule has 1 aliphatic heterocycles. The van der Waals surface area contributed by atoms with Crippen molar-refractivity contribution in [2.45, 2.75) is 6.92 Å². The average Bonchev–Trinajstić information content (AvgIpc) is 2.80.